The number of pyridine rings is 1. The lowest BCUT2D eigenvalue weighted by atomic mass is 9.81. The van der Waals surface area contributed by atoms with Crippen LogP contribution in [0.5, 0.6) is 0 Å². The van der Waals surface area contributed by atoms with E-state index in [0.717, 1.165) is 25.7 Å². The van der Waals surface area contributed by atoms with E-state index >= 15 is 0 Å². The highest BCUT2D eigenvalue weighted by Gasteiger charge is 2.48. The summed E-state index contributed by atoms with van der Waals surface area (Å²) in [5, 5.41) is 0.928. The van der Waals surface area contributed by atoms with Gasteiger partial charge in [-0.25, -0.2) is 9.78 Å². The third kappa shape index (κ3) is 5.02. The number of hydrogen-bond donors (Lipinski definition) is 0. The number of fused-ring (bicyclic) bond motifs is 2. The molecule has 1 aromatic heterocycles. The predicted octanol–water partition coefficient (Wildman–Crippen LogP) is 6.66. The Morgan fingerprint density at radius 2 is 1.56 bits per heavy atom. The van der Waals surface area contributed by atoms with Gasteiger partial charge in [0.25, 0.3) is 0 Å². The van der Waals surface area contributed by atoms with Gasteiger partial charge in [0.05, 0.1) is 34.3 Å². The van der Waals surface area contributed by atoms with Crippen LogP contribution in [0.2, 0.25) is 5.02 Å². The number of aromatic nitrogens is 1. The molecule has 3 aromatic carbocycles. The zero-order chi connectivity index (χ0) is 28.7. The molecule has 1 saturated carbocycles. The second-order valence-electron chi connectivity index (χ2n) is 10.6. The van der Waals surface area contributed by atoms with Crippen molar-refractivity contribution in [3.8, 4) is 11.3 Å². The molecular weight excluding hydrogens is 540 g/mol. The molecule has 3 unspecified atom stereocenters. The molecule has 0 radical (unpaired) electrons. The molecule has 2 amide bonds. The summed E-state index contributed by atoms with van der Waals surface area (Å²) in [4.78, 5) is 58.3. The van der Waals surface area contributed by atoms with Crippen LogP contribution in [0.1, 0.15) is 53.3 Å². The average Bonchev–Trinajstić information content (AvgIpc) is 3.26. The highest BCUT2D eigenvalue weighted by molar-refractivity contribution is 6.31. The van der Waals surface area contributed by atoms with Crippen molar-refractivity contribution < 1.29 is 23.9 Å². The molecule has 0 N–H and O–H groups in total. The number of ether oxygens (including phenoxy) is 1. The van der Waals surface area contributed by atoms with E-state index in [1.54, 1.807) is 79.7 Å². The van der Waals surface area contributed by atoms with Crippen LogP contribution in [0, 0.1) is 11.8 Å². The van der Waals surface area contributed by atoms with Gasteiger partial charge >= 0.3 is 5.97 Å². The maximum absolute atomic E-state index is 13.4. The first kappa shape index (κ1) is 26.8. The van der Waals surface area contributed by atoms with Crippen LogP contribution < -0.4 is 4.90 Å². The molecule has 2 aliphatic rings. The number of carbonyl (C=O) groups is 4. The molecule has 41 heavy (non-hydrogen) atoms. The van der Waals surface area contributed by atoms with Crippen LogP contribution in [-0.4, -0.2) is 34.7 Å². The number of halogens is 1. The van der Waals surface area contributed by atoms with E-state index in [1.165, 1.54) is 4.90 Å². The van der Waals surface area contributed by atoms with Gasteiger partial charge < -0.3 is 4.74 Å². The third-order valence-electron chi connectivity index (χ3n) is 7.96. The summed E-state index contributed by atoms with van der Waals surface area (Å²) in [5.41, 5.74) is 2.90. The number of anilines is 1. The molecule has 8 heteroatoms. The van der Waals surface area contributed by atoms with Crippen molar-refractivity contribution in [1.29, 1.82) is 0 Å². The normalized spacial score (nSPS) is 19.2. The molecule has 2 fully saturated rings. The van der Waals surface area contributed by atoms with Crippen molar-refractivity contribution >= 4 is 51.8 Å². The van der Waals surface area contributed by atoms with Crippen molar-refractivity contribution in [2.75, 3.05) is 4.90 Å². The minimum atomic E-state index is -1.01. The molecule has 0 spiro atoms. The van der Waals surface area contributed by atoms with E-state index in [0.29, 0.717) is 38.4 Å². The number of hydrogen-bond acceptors (Lipinski definition) is 6. The molecule has 1 aliphatic heterocycles. The van der Waals surface area contributed by atoms with Gasteiger partial charge in [0, 0.05) is 21.5 Å². The smallest absolute Gasteiger partial charge is 0.339 e. The quantitative estimate of drug-likeness (QED) is 0.147. The number of rotatable bonds is 6. The number of benzene rings is 3. The minimum absolute atomic E-state index is 0.127. The van der Waals surface area contributed by atoms with Crippen LogP contribution in [0.4, 0.5) is 5.69 Å². The Morgan fingerprint density at radius 1 is 0.902 bits per heavy atom. The zero-order valence-electron chi connectivity index (χ0n) is 22.4. The highest BCUT2D eigenvalue weighted by atomic mass is 35.5. The van der Waals surface area contributed by atoms with Gasteiger partial charge in [0.1, 0.15) is 0 Å². The van der Waals surface area contributed by atoms with Gasteiger partial charge in [-0.3, -0.25) is 19.3 Å². The van der Waals surface area contributed by atoms with E-state index in [1.807, 2.05) is 6.07 Å². The number of Topliss-reactive ketones (excluding diaryl/α,β-unsaturated/α-hetero) is 1. The molecule has 1 aliphatic carbocycles. The first-order valence-electron chi connectivity index (χ1n) is 13.7. The fourth-order valence-corrected chi connectivity index (χ4v) is 6.00. The van der Waals surface area contributed by atoms with Gasteiger partial charge in [-0.2, -0.15) is 0 Å². The highest BCUT2D eigenvalue weighted by Crippen LogP contribution is 2.40. The Balaban J connectivity index is 1.31. The zero-order valence-corrected chi connectivity index (χ0v) is 23.1. The number of carbonyl (C=O) groups excluding carboxylic acids is 4. The maximum atomic E-state index is 13.4. The number of imide groups is 1. The molecular formula is C33H27ClN2O5. The maximum Gasteiger partial charge on any atom is 0.339 e. The fourth-order valence-electron chi connectivity index (χ4n) is 5.83. The van der Waals surface area contributed by atoms with Crippen LogP contribution in [-0.2, 0) is 14.3 Å². The average molecular weight is 567 g/mol. The van der Waals surface area contributed by atoms with Crippen molar-refractivity contribution in [3.63, 3.8) is 0 Å². The Labute approximate surface area is 242 Å². The summed E-state index contributed by atoms with van der Waals surface area (Å²) < 4.78 is 5.61. The van der Waals surface area contributed by atoms with Gasteiger partial charge in [0.2, 0.25) is 17.6 Å². The lowest BCUT2D eigenvalue weighted by Gasteiger charge is -2.19. The fraction of sp³-hybridized carbons (Fsp3) is 0.242. The van der Waals surface area contributed by atoms with Crippen molar-refractivity contribution in [2.45, 2.75) is 38.7 Å². The SMILES string of the molecule is CC(OC(=O)c1cc(-c2ccc(N3C(=O)C4CCCCC4C3=O)cc2)nc2ccc(Cl)cc12)C(=O)c1ccccc1. The Bertz CT molecular complexity index is 1660. The lowest BCUT2D eigenvalue weighted by Crippen LogP contribution is -2.30. The Hall–Kier alpha value is -4.36. The van der Waals surface area contributed by atoms with E-state index in [9.17, 15) is 19.2 Å². The molecule has 3 atom stereocenters. The van der Waals surface area contributed by atoms with Crippen LogP contribution in [0.3, 0.4) is 0 Å². The second-order valence-corrected chi connectivity index (χ2v) is 11.0. The molecule has 2 heterocycles. The summed E-state index contributed by atoms with van der Waals surface area (Å²) >= 11 is 6.24. The molecule has 7 nitrogen and oxygen atoms in total. The lowest BCUT2D eigenvalue weighted by molar-refractivity contribution is -0.122. The molecule has 0 bridgehead atoms. The number of ketones is 1. The summed E-state index contributed by atoms with van der Waals surface area (Å²) in [6, 6.07) is 22.3. The Morgan fingerprint density at radius 3 is 2.22 bits per heavy atom. The Kier molecular flexibility index (Phi) is 7.14. The summed E-state index contributed by atoms with van der Waals surface area (Å²) in [6.45, 7) is 1.54. The van der Waals surface area contributed by atoms with E-state index in [2.05, 4.69) is 0 Å². The van der Waals surface area contributed by atoms with E-state index in [-0.39, 0.29) is 35.0 Å². The monoisotopic (exact) mass is 566 g/mol. The van der Waals surface area contributed by atoms with Crippen LogP contribution in [0.15, 0.2) is 78.9 Å². The standard InChI is InChI=1S/C33H27ClN2O5/c1-19(30(37)21-7-3-2-4-8-21)41-33(40)27-18-29(35-28-16-13-22(34)17-26(27)28)20-11-14-23(15-12-20)36-31(38)24-9-5-6-10-25(24)32(36)39/h2-4,7-8,11-19,24-25H,5-6,9-10H2,1H3. The first-order chi connectivity index (χ1) is 19.8. The molecule has 1 saturated heterocycles. The van der Waals surface area contributed by atoms with Crippen molar-refractivity contribution in [3.05, 3.63) is 95.0 Å². The molecule has 4 aromatic rings. The van der Waals surface area contributed by atoms with E-state index < -0.39 is 12.1 Å². The largest absolute Gasteiger partial charge is 0.451 e. The van der Waals surface area contributed by atoms with Crippen molar-refractivity contribution in [1.82, 2.24) is 4.98 Å². The number of esters is 1. The topological polar surface area (TPSA) is 93.6 Å². The summed E-state index contributed by atoms with van der Waals surface area (Å²) in [7, 11) is 0. The summed E-state index contributed by atoms with van der Waals surface area (Å²) in [5.74, 6) is -1.69. The minimum Gasteiger partial charge on any atom is -0.451 e. The first-order valence-corrected chi connectivity index (χ1v) is 14.1. The third-order valence-corrected chi connectivity index (χ3v) is 8.20. The molecule has 206 valence electrons. The summed E-state index contributed by atoms with van der Waals surface area (Å²) in [6.07, 6.45) is 2.44. The van der Waals surface area contributed by atoms with Gasteiger partial charge in [-0.15, -0.1) is 0 Å². The van der Waals surface area contributed by atoms with Crippen LogP contribution >= 0.6 is 11.6 Å². The van der Waals surface area contributed by atoms with Gasteiger partial charge in [-0.1, -0.05) is 66.9 Å². The van der Waals surface area contributed by atoms with Gasteiger partial charge in [0.15, 0.2) is 6.10 Å². The van der Waals surface area contributed by atoms with Gasteiger partial charge in [-0.05, 0) is 56.2 Å². The van der Waals surface area contributed by atoms with E-state index in [4.69, 9.17) is 21.3 Å². The second kappa shape index (κ2) is 10.9. The number of amides is 2. The van der Waals surface area contributed by atoms with Crippen LogP contribution in [0.25, 0.3) is 22.2 Å². The number of nitrogens with zero attached hydrogens (tertiary/aromatic N) is 2. The predicted molar refractivity (Wildman–Crippen MR) is 156 cm³/mol. The molecule has 6 rings (SSSR count). The van der Waals surface area contributed by atoms with Crippen molar-refractivity contribution in [2.24, 2.45) is 11.8 Å².